The zero-order valence-electron chi connectivity index (χ0n) is 15.9. The molecule has 1 aliphatic rings. The van der Waals surface area contributed by atoms with Crippen LogP contribution in [0.1, 0.15) is 18.9 Å². The van der Waals surface area contributed by atoms with Crippen LogP contribution in [0, 0.1) is 0 Å². The first-order chi connectivity index (χ1) is 13.7. The molecular weight excluding hydrogens is 396 g/mol. The highest BCUT2D eigenvalue weighted by atomic mass is 35.5. The molecule has 3 aromatic rings. The lowest BCUT2D eigenvalue weighted by atomic mass is 10.2. The fourth-order valence-electron chi connectivity index (χ4n) is 3.54. The smallest absolute Gasteiger partial charge is 0.274 e. The van der Waals surface area contributed by atoms with Crippen LogP contribution >= 0.6 is 22.9 Å². The first-order valence-electron chi connectivity index (χ1n) is 9.63. The van der Waals surface area contributed by atoms with Gasteiger partial charge in [-0.25, -0.2) is 0 Å². The van der Waals surface area contributed by atoms with E-state index in [1.54, 1.807) is 16.2 Å². The van der Waals surface area contributed by atoms with Crippen molar-refractivity contribution in [3.63, 3.8) is 0 Å². The summed E-state index contributed by atoms with van der Waals surface area (Å²) in [5, 5.41) is 11.3. The van der Waals surface area contributed by atoms with Crippen LogP contribution in [0.3, 0.4) is 0 Å². The Morgan fingerprint density at radius 1 is 1.14 bits per heavy atom. The minimum absolute atomic E-state index is 0.216. The number of thiophene rings is 1. The van der Waals surface area contributed by atoms with Gasteiger partial charge in [0.1, 0.15) is 45.1 Å². The molecule has 28 heavy (non-hydrogen) atoms. The van der Waals surface area contributed by atoms with E-state index in [0.717, 1.165) is 60.9 Å². The minimum atomic E-state index is 0.216. The highest BCUT2D eigenvalue weighted by molar-refractivity contribution is 7.13. The molecule has 0 amide bonds. The summed E-state index contributed by atoms with van der Waals surface area (Å²) in [5.41, 5.74) is 0. The molecule has 0 unspecified atom stereocenters. The van der Waals surface area contributed by atoms with Crippen LogP contribution in [-0.4, -0.2) is 49.5 Å². The van der Waals surface area contributed by atoms with Gasteiger partial charge in [0.05, 0.1) is 4.88 Å². The second-order valence-electron chi connectivity index (χ2n) is 7.11. The first-order valence-corrected chi connectivity index (χ1v) is 10.9. The molecule has 148 valence electrons. The summed E-state index contributed by atoms with van der Waals surface area (Å²) in [4.78, 5) is 4.11. The molecule has 1 atom stereocenters. The molecule has 1 aromatic carbocycles. The molecule has 2 N–H and O–H groups in total. The summed E-state index contributed by atoms with van der Waals surface area (Å²) in [6.45, 7) is 8.33. The van der Waals surface area contributed by atoms with Crippen LogP contribution in [0.15, 0.2) is 46.2 Å². The number of nitrogens with one attached hydrogen (secondary N) is 2. The van der Waals surface area contributed by atoms with E-state index >= 15 is 0 Å². The predicted octanol–water partition coefficient (Wildman–Crippen LogP) is 1.37. The van der Waals surface area contributed by atoms with Gasteiger partial charge in [0, 0.05) is 5.02 Å². The lowest BCUT2D eigenvalue weighted by molar-refractivity contribution is -1.03. The van der Waals surface area contributed by atoms with E-state index < -0.39 is 0 Å². The Kier molecular flexibility index (Phi) is 6.26. The zero-order valence-corrected chi connectivity index (χ0v) is 17.4. The summed E-state index contributed by atoms with van der Waals surface area (Å²) < 4.78 is 11.8. The van der Waals surface area contributed by atoms with Crippen molar-refractivity contribution in [1.29, 1.82) is 0 Å². The number of aromatic nitrogens is 2. The second kappa shape index (κ2) is 9.05. The van der Waals surface area contributed by atoms with E-state index in [9.17, 15) is 0 Å². The Morgan fingerprint density at radius 2 is 1.93 bits per heavy atom. The molecule has 3 heterocycles. The van der Waals surface area contributed by atoms with Crippen molar-refractivity contribution in [3.8, 4) is 16.5 Å². The third-order valence-electron chi connectivity index (χ3n) is 5.29. The van der Waals surface area contributed by atoms with Gasteiger partial charge in [0.25, 0.3) is 11.8 Å². The molecule has 4 rings (SSSR count). The van der Waals surface area contributed by atoms with Crippen LogP contribution in [0.4, 0.5) is 0 Å². The van der Waals surface area contributed by atoms with E-state index in [1.807, 2.05) is 41.8 Å². The number of rotatable bonds is 7. The fourth-order valence-corrected chi connectivity index (χ4v) is 4.31. The van der Waals surface area contributed by atoms with Crippen LogP contribution < -0.4 is 14.5 Å². The van der Waals surface area contributed by atoms with Gasteiger partial charge in [-0.3, -0.25) is 0 Å². The Morgan fingerprint density at radius 3 is 2.64 bits per heavy atom. The van der Waals surface area contributed by atoms with Gasteiger partial charge in [0.2, 0.25) is 0 Å². The standard InChI is InChI=1S/C20H23ClN4O2S/c1-15(19-22-23-20(27-19)18-3-2-14-28-18)25-10-8-24(9-11-25)12-13-26-17-6-4-16(21)5-7-17/h2-7,14-15H,8-13H2,1H3/p+2/t15-/m0/s1. The summed E-state index contributed by atoms with van der Waals surface area (Å²) in [6.07, 6.45) is 0. The molecule has 0 bridgehead atoms. The molecule has 0 saturated carbocycles. The lowest BCUT2D eigenvalue weighted by Gasteiger charge is -2.31. The number of quaternary nitrogens is 2. The molecule has 8 heteroatoms. The van der Waals surface area contributed by atoms with Gasteiger partial charge >= 0.3 is 0 Å². The molecule has 2 aromatic heterocycles. The van der Waals surface area contributed by atoms with Crippen molar-refractivity contribution >= 4 is 22.9 Å². The van der Waals surface area contributed by atoms with E-state index in [-0.39, 0.29) is 6.04 Å². The van der Waals surface area contributed by atoms with Crippen molar-refractivity contribution in [2.45, 2.75) is 13.0 Å². The van der Waals surface area contributed by atoms with Crippen molar-refractivity contribution < 1.29 is 19.0 Å². The largest absolute Gasteiger partial charge is 0.488 e. The normalized spacial score (nSPS) is 20.8. The summed E-state index contributed by atoms with van der Waals surface area (Å²) in [5.74, 6) is 2.23. The monoisotopic (exact) mass is 420 g/mol. The van der Waals surface area contributed by atoms with E-state index in [1.165, 1.54) is 4.90 Å². The highest BCUT2D eigenvalue weighted by Crippen LogP contribution is 2.24. The Hall–Kier alpha value is -1.93. The van der Waals surface area contributed by atoms with Gasteiger partial charge < -0.3 is 19.0 Å². The van der Waals surface area contributed by atoms with E-state index in [0.29, 0.717) is 5.89 Å². The maximum Gasteiger partial charge on any atom is 0.274 e. The molecule has 1 fully saturated rings. The molecule has 1 aliphatic heterocycles. The number of piperazine rings is 1. The fraction of sp³-hybridized carbons (Fsp3) is 0.400. The number of nitrogens with zero attached hydrogens (tertiary/aromatic N) is 2. The molecule has 0 radical (unpaired) electrons. The molecule has 1 saturated heterocycles. The molecule has 0 spiro atoms. The van der Waals surface area contributed by atoms with Gasteiger partial charge in [0.15, 0.2) is 6.04 Å². The minimum Gasteiger partial charge on any atom is -0.488 e. The third-order valence-corrected chi connectivity index (χ3v) is 6.40. The average Bonchev–Trinajstić information content (AvgIpc) is 3.41. The number of halogens is 1. The van der Waals surface area contributed by atoms with E-state index in [2.05, 4.69) is 17.1 Å². The summed E-state index contributed by atoms with van der Waals surface area (Å²) in [6, 6.07) is 11.8. The van der Waals surface area contributed by atoms with E-state index in [4.69, 9.17) is 20.8 Å². The average molecular weight is 421 g/mol. The molecular formula is C20H25ClN4O2S+2. The summed E-state index contributed by atoms with van der Waals surface area (Å²) in [7, 11) is 0. The second-order valence-corrected chi connectivity index (χ2v) is 8.49. The Labute approximate surface area is 173 Å². The van der Waals surface area contributed by atoms with Crippen molar-refractivity contribution in [2.24, 2.45) is 0 Å². The van der Waals surface area contributed by atoms with Crippen LogP contribution in [-0.2, 0) is 0 Å². The quantitative estimate of drug-likeness (QED) is 0.606. The predicted molar refractivity (Wildman–Crippen MR) is 109 cm³/mol. The number of hydrogen-bond donors (Lipinski definition) is 2. The molecule has 6 nitrogen and oxygen atoms in total. The van der Waals surface area contributed by atoms with Crippen LogP contribution in [0.2, 0.25) is 5.02 Å². The lowest BCUT2D eigenvalue weighted by Crippen LogP contribution is -3.28. The number of ether oxygens (including phenoxy) is 1. The molecule has 0 aliphatic carbocycles. The van der Waals surface area contributed by atoms with Gasteiger partial charge in [-0.05, 0) is 42.6 Å². The summed E-state index contributed by atoms with van der Waals surface area (Å²) >= 11 is 7.52. The SMILES string of the molecule is C[C@@H](c1nnc(-c2cccs2)o1)[NH+]1CC[NH+](CCOc2ccc(Cl)cc2)CC1. The zero-order chi connectivity index (χ0) is 19.3. The van der Waals surface area contributed by atoms with Crippen LogP contribution in [0.5, 0.6) is 5.75 Å². The third kappa shape index (κ3) is 4.72. The van der Waals surface area contributed by atoms with Gasteiger partial charge in [-0.1, -0.05) is 17.7 Å². The highest BCUT2D eigenvalue weighted by Gasteiger charge is 2.31. The Bertz CT molecular complexity index is 861. The topological polar surface area (TPSA) is 57.0 Å². The van der Waals surface area contributed by atoms with Crippen LogP contribution in [0.25, 0.3) is 10.8 Å². The first kappa shape index (κ1) is 19.4. The Balaban J connectivity index is 1.23. The maximum atomic E-state index is 5.92. The number of hydrogen-bond acceptors (Lipinski definition) is 5. The van der Waals surface area contributed by atoms with Gasteiger partial charge in [-0.2, -0.15) is 0 Å². The maximum absolute atomic E-state index is 5.92. The van der Waals surface area contributed by atoms with Crippen molar-refractivity contribution in [2.75, 3.05) is 39.3 Å². The number of benzene rings is 1. The van der Waals surface area contributed by atoms with Crippen molar-refractivity contribution in [1.82, 2.24) is 10.2 Å². The van der Waals surface area contributed by atoms with Gasteiger partial charge in [-0.15, -0.1) is 21.5 Å². The van der Waals surface area contributed by atoms with Crippen molar-refractivity contribution in [3.05, 3.63) is 52.7 Å².